The molecule has 1 fully saturated rings. The Hall–Kier alpha value is -1.41. The number of hydrogen-bond donors (Lipinski definition) is 2. The molecule has 1 aromatic carbocycles. The molecule has 4 nitrogen and oxygen atoms in total. The largest absolute Gasteiger partial charge is 0.478 e. The summed E-state index contributed by atoms with van der Waals surface area (Å²) in [4.78, 5) is 21.5. The molecular formula is C14H18NO3P. The van der Waals surface area contributed by atoms with Crippen molar-refractivity contribution in [2.45, 2.75) is 37.6 Å². The molecule has 0 aliphatic heterocycles. The van der Waals surface area contributed by atoms with E-state index in [9.17, 15) is 9.59 Å². The van der Waals surface area contributed by atoms with Gasteiger partial charge < -0.3 is 10.4 Å². The van der Waals surface area contributed by atoms with Crippen molar-refractivity contribution in [1.82, 2.24) is 5.32 Å². The van der Waals surface area contributed by atoms with Crippen LogP contribution in [0, 0.1) is 0 Å². The van der Waals surface area contributed by atoms with Gasteiger partial charge in [0.25, 0.3) is 0 Å². The second kappa shape index (κ2) is 6.16. The van der Waals surface area contributed by atoms with Crippen molar-refractivity contribution in [2.24, 2.45) is 0 Å². The first-order chi connectivity index (χ1) is 9.11. The molecule has 1 unspecified atom stereocenters. The van der Waals surface area contributed by atoms with Crippen molar-refractivity contribution in [3.05, 3.63) is 29.3 Å². The fraction of sp³-hybridized carbons (Fsp3) is 0.429. The van der Waals surface area contributed by atoms with E-state index in [0.717, 1.165) is 37.7 Å². The highest BCUT2D eigenvalue weighted by Gasteiger charge is 2.22. The fourth-order valence-corrected chi connectivity index (χ4v) is 3.01. The van der Waals surface area contributed by atoms with E-state index in [-0.39, 0.29) is 6.04 Å². The van der Waals surface area contributed by atoms with E-state index < -0.39 is 5.97 Å². The second-order valence-electron chi connectivity index (χ2n) is 4.98. The van der Waals surface area contributed by atoms with Gasteiger partial charge in [-0.05, 0) is 48.5 Å². The zero-order valence-electron chi connectivity index (χ0n) is 10.6. The Labute approximate surface area is 114 Å². The van der Waals surface area contributed by atoms with Crippen molar-refractivity contribution in [3.63, 3.8) is 0 Å². The number of hydrogen-bond acceptors (Lipinski definition) is 2. The molecular weight excluding hydrogens is 261 g/mol. The zero-order chi connectivity index (χ0) is 13.8. The van der Waals surface area contributed by atoms with Crippen LogP contribution in [-0.2, 0) is 4.79 Å². The highest BCUT2D eigenvalue weighted by atomic mass is 31.0. The van der Waals surface area contributed by atoms with Crippen molar-refractivity contribution < 1.29 is 14.7 Å². The maximum absolute atomic E-state index is 11.1. The third-order valence-electron chi connectivity index (χ3n) is 3.81. The van der Waals surface area contributed by atoms with Crippen LogP contribution < -0.4 is 10.6 Å². The average molecular weight is 279 g/mol. The van der Waals surface area contributed by atoms with Gasteiger partial charge in [0.1, 0.15) is 0 Å². The lowest BCUT2D eigenvalue weighted by molar-refractivity contribution is -0.110. The molecule has 0 heterocycles. The van der Waals surface area contributed by atoms with E-state index in [1.807, 2.05) is 12.1 Å². The van der Waals surface area contributed by atoms with Crippen molar-refractivity contribution in [1.29, 1.82) is 0 Å². The molecule has 0 spiro atoms. The number of carbonyl (C=O) groups excluding carboxylic acids is 1. The molecule has 2 N–H and O–H groups in total. The monoisotopic (exact) mass is 279 g/mol. The molecule has 0 bridgehead atoms. The normalized spacial score (nSPS) is 22.8. The van der Waals surface area contributed by atoms with E-state index in [4.69, 9.17) is 5.11 Å². The Kier molecular flexibility index (Phi) is 4.54. The summed E-state index contributed by atoms with van der Waals surface area (Å²) in [5.41, 5.74) is 1.45. The number of carboxylic acid groups (broad SMARTS) is 1. The van der Waals surface area contributed by atoms with Gasteiger partial charge >= 0.3 is 5.97 Å². The van der Waals surface area contributed by atoms with E-state index >= 15 is 0 Å². The van der Waals surface area contributed by atoms with Crippen LogP contribution in [0.5, 0.6) is 0 Å². The van der Waals surface area contributed by atoms with Crippen LogP contribution >= 0.6 is 9.24 Å². The first kappa shape index (κ1) is 14.0. The van der Waals surface area contributed by atoms with Crippen molar-refractivity contribution in [3.8, 4) is 0 Å². The fourth-order valence-electron chi connectivity index (χ4n) is 2.70. The molecule has 19 heavy (non-hydrogen) atoms. The molecule has 2 rings (SSSR count). The van der Waals surface area contributed by atoms with Gasteiger partial charge in [-0.3, -0.25) is 4.79 Å². The molecule has 1 aliphatic carbocycles. The number of amides is 1. The van der Waals surface area contributed by atoms with Crippen LogP contribution in [0.15, 0.2) is 18.2 Å². The van der Waals surface area contributed by atoms with Crippen LogP contribution in [0.3, 0.4) is 0 Å². The standard InChI is InChI=1S/C14H18NO3P/c16-8-15-11-4-1-9(2-5-11)10-3-6-13(19)12(7-10)14(17)18/h3,6-9,11H,1-2,4-5,19H2,(H,15,16)(H,17,18). The number of carboxylic acids is 1. The number of nitrogens with one attached hydrogen (secondary N) is 1. The highest BCUT2D eigenvalue weighted by molar-refractivity contribution is 7.27. The average Bonchev–Trinajstić information content (AvgIpc) is 2.40. The summed E-state index contributed by atoms with van der Waals surface area (Å²) in [5.74, 6) is -0.489. The second-order valence-corrected chi connectivity index (χ2v) is 5.61. The maximum atomic E-state index is 11.1. The van der Waals surface area contributed by atoms with Gasteiger partial charge in [-0.1, -0.05) is 12.1 Å². The molecule has 1 atom stereocenters. The van der Waals surface area contributed by atoms with Gasteiger partial charge in [0.2, 0.25) is 6.41 Å². The summed E-state index contributed by atoms with van der Waals surface area (Å²) in [7, 11) is 2.46. The molecule has 1 amide bonds. The number of benzene rings is 1. The lowest BCUT2D eigenvalue weighted by atomic mass is 9.81. The Morgan fingerprint density at radius 1 is 1.32 bits per heavy atom. The molecule has 0 saturated heterocycles. The molecule has 0 radical (unpaired) electrons. The minimum atomic E-state index is -0.886. The van der Waals surface area contributed by atoms with Gasteiger partial charge in [0, 0.05) is 6.04 Å². The van der Waals surface area contributed by atoms with Gasteiger partial charge in [0.05, 0.1) is 5.56 Å². The van der Waals surface area contributed by atoms with Crippen LogP contribution in [0.4, 0.5) is 0 Å². The van der Waals surface area contributed by atoms with Crippen LogP contribution in [0.1, 0.15) is 47.5 Å². The number of carbonyl (C=O) groups is 2. The molecule has 5 heteroatoms. The summed E-state index contributed by atoms with van der Waals surface area (Å²) in [6.07, 6.45) is 4.64. The maximum Gasteiger partial charge on any atom is 0.336 e. The first-order valence-corrected chi connectivity index (χ1v) is 7.02. The van der Waals surface area contributed by atoms with Crippen LogP contribution in [-0.4, -0.2) is 23.5 Å². The molecule has 1 saturated carbocycles. The topological polar surface area (TPSA) is 66.4 Å². The summed E-state index contributed by atoms with van der Waals surface area (Å²) >= 11 is 0. The Morgan fingerprint density at radius 3 is 2.58 bits per heavy atom. The Bertz CT molecular complexity index is 482. The lowest BCUT2D eigenvalue weighted by Gasteiger charge is -2.28. The van der Waals surface area contributed by atoms with E-state index in [0.29, 0.717) is 16.8 Å². The predicted molar refractivity (Wildman–Crippen MR) is 76.9 cm³/mol. The van der Waals surface area contributed by atoms with Gasteiger partial charge in [-0.25, -0.2) is 4.79 Å². The number of aromatic carboxylic acids is 1. The minimum Gasteiger partial charge on any atom is -0.478 e. The SMILES string of the molecule is O=CNC1CCC(c2ccc(P)c(C(=O)O)c2)CC1. The molecule has 0 aromatic heterocycles. The molecule has 1 aliphatic rings. The smallest absolute Gasteiger partial charge is 0.336 e. The van der Waals surface area contributed by atoms with E-state index in [1.165, 1.54) is 0 Å². The lowest BCUT2D eigenvalue weighted by Crippen LogP contribution is -2.31. The summed E-state index contributed by atoms with van der Waals surface area (Å²) in [6.45, 7) is 0. The Morgan fingerprint density at radius 2 is 2.00 bits per heavy atom. The van der Waals surface area contributed by atoms with E-state index in [2.05, 4.69) is 14.6 Å². The molecule has 1 aromatic rings. The third kappa shape index (κ3) is 3.32. The highest BCUT2D eigenvalue weighted by Crippen LogP contribution is 2.33. The molecule has 102 valence electrons. The summed E-state index contributed by atoms with van der Waals surface area (Å²) < 4.78 is 0. The van der Waals surface area contributed by atoms with E-state index in [1.54, 1.807) is 6.07 Å². The Balaban J connectivity index is 2.09. The first-order valence-electron chi connectivity index (χ1n) is 6.44. The van der Waals surface area contributed by atoms with Gasteiger partial charge in [-0.2, -0.15) is 0 Å². The number of rotatable bonds is 4. The van der Waals surface area contributed by atoms with Gasteiger partial charge in [0.15, 0.2) is 0 Å². The van der Waals surface area contributed by atoms with Crippen LogP contribution in [0.25, 0.3) is 0 Å². The minimum absolute atomic E-state index is 0.272. The van der Waals surface area contributed by atoms with Crippen LogP contribution in [0.2, 0.25) is 0 Å². The summed E-state index contributed by atoms with van der Waals surface area (Å²) in [6, 6.07) is 5.91. The predicted octanol–water partition coefficient (Wildman–Crippen LogP) is 1.66. The summed E-state index contributed by atoms with van der Waals surface area (Å²) in [5, 5.41) is 12.7. The zero-order valence-corrected chi connectivity index (χ0v) is 11.8. The quantitative estimate of drug-likeness (QED) is 0.650. The van der Waals surface area contributed by atoms with Gasteiger partial charge in [-0.15, -0.1) is 9.24 Å². The third-order valence-corrected chi connectivity index (χ3v) is 4.31. The van der Waals surface area contributed by atoms with Crippen molar-refractivity contribution >= 4 is 26.9 Å². The van der Waals surface area contributed by atoms with Crippen molar-refractivity contribution in [2.75, 3.05) is 0 Å².